The van der Waals surface area contributed by atoms with E-state index in [-0.39, 0.29) is 22.1 Å². The Morgan fingerprint density at radius 2 is 1.70 bits per heavy atom. The zero-order valence-corrected chi connectivity index (χ0v) is 17.8. The first-order chi connectivity index (χ1) is 14.2. The van der Waals surface area contributed by atoms with Gasteiger partial charge in [-0.25, -0.2) is 4.68 Å². The van der Waals surface area contributed by atoms with Gasteiger partial charge in [-0.1, -0.05) is 29.8 Å². The number of benzene rings is 2. The lowest BCUT2D eigenvalue weighted by Gasteiger charge is -2.13. The fraction of sp³-hybridized carbons (Fsp3) is 0.182. The third-order valence-electron chi connectivity index (χ3n) is 4.59. The summed E-state index contributed by atoms with van der Waals surface area (Å²) < 4.78 is 1.63. The summed E-state index contributed by atoms with van der Waals surface area (Å²) in [7, 11) is 3.20. The van der Waals surface area contributed by atoms with Crippen LogP contribution in [0.25, 0.3) is 5.69 Å². The highest BCUT2D eigenvalue weighted by atomic mass is 35.5. The molecule has 0 bridgehead atoms. The number of carbonyl (C=O) groups excluding carboxylic acids is 3. The van der Waals surface area contributed by atoms with Gasteiger partial charge in [0.25, 0.3) is 17.6 Å². The van der Waals surface area contributed by atoms with Crippen molar-refractivity contribution in [3.8, 4) is 5.69 Å². The second-order valence-corrected chi connectivity index (χ2v) is 7.38. The van der Waals surface area contributed by atoms with Crippen molar-refractivity contribution in [2.24, 2.45) is 0 Å². The number of nitrogens with zero attached hydrogens (tertiary/aromatic N) is 3. The number of carbonyl (C=O) groups is 3. The van der Waals surface area contributed by atoms with E-state index in [9.17, 15) is 14.4 Å². The van der Waals surface area contributed by atoms with Gasteiger partial charge >= 0.3 is 0 Å². The zero-order valence-electron chi connectivity index (χ0n) is 17.1. The molecule has 2 aromatic carbocycles. The van der Waals surface area contributed by atoms with Crippen LogP contribution in [0.15, 0.2) is 48.5 Å². The molecule has 3 rings (SSSR count). The average Bonchev–Trinajstić information content (AvgIpc) is 3.02. The third kappa shape index (κ3) is 4.11. The molecule has 7 nitrogen and oxygen atoms in total. The number of nitrogens with one attached hydrogen (secondary N) is 1. The van der Waals surface area contributed by atoms with Gasteiger partial charge in [0, 0.05) is 19.8 Å². The van der Waals surface area contributed by atoms with E-state index >= 15 is 0 Å². The van der Waals surface area contributed by atoms with Crippen LogP contribution < -0.4 is 5.32 Å². The van der Waals surface area contributed by atoms with Crippen LogP contribution in [-0.4, -0.2) is 46.4 Å². The minimum absolute atomic E-state index is 0.233. The van der Waals surface area contributed by atoms with Crippen LogP contribution in [0.5, 0.6) is 0 Å². The van der Waals surface area contributed by atoms with Crippen molar-refractivity contribution in [2.45, 2.75) is 13.8 Å². The molecule has 0 aliphatic rings. The number of ketones is 1. The number of Topliss-reactive ketones (excluding diaryl/α,β-unsaturated/α-hetero) is 1. The van der Waals surface area contributed by atoms with E-state index in [4.69, 9.17) is 11.6 Å². The van der Waals surface area contributed by atoms with E-state index in [0.29, 0.717) is 17.1 Å². The van der Waals surface area contributed by atoms with Crippen molar-refractivity contribution in [3.63, 3.8) is 0 Å². The number of aryl methyl sites for hydroxylation is 1. The van der Waals surface area contributed by atoms with Crippen LogP contribution >= 0.6 is 11.6 Å². The maximum Gasteiger partial charge on any atom is 0.296 e. The number of hydrogen-bond donors (Lipinski definition) is 1. The monoisotopic (exact) mass is 424 g/mol. The van der Waals surface area contributed by atoms with Crippen LogP contribution in [0.3, 0.4) is 0 Å². The van der Waals surface area contributed by atoms with Gasteiger partial charge in [-0.2, -0.15) is 5.10 Å². The molecule has 0 aliphatic heterocycles. The quantitative estimate of drug-likeness (QED) is 0.500. The number of aromatic nitrogens is 2. The lowest BCUT2D eigenvalue weighted by atomic mass is 10.1. The van der Waals surface area contributed by atoms with Crippen LogP contribution in [0.4, 0.5) is 5.69 Å². The molecule has 0 saturated carbocycles. The van der Waals surface area contributed by atoms with Gasteiger partial charge in [-0.05, 0) is 44.2 Å². The van der Waals surface area contributed by atoms with Crippen molar-refractivity contribution in [3.05, 3.63) is 76.1 Å². The molecule has 0 fully saturated rings. The number of para-hydroxylation sites is 1. The summed E-state index contributed by atoms with van der Waals surface area (Å²) in [5, 5.41) is 7.22. The summed E-state index contributed by atoms with van der Waals surface area (Å²) in [6.45, 7) is 3.42. The minimum Gasteiger partial charge on any atom is -0.345 e. The second kappa shape index (κ2) is 8.51. The molecule has 1 N–H and O–H groups in total. The molecule has 1 heterocycles. The SMILES string of the molecule is Cc1nn(-c2ccccc2)c(C)c1C(=O)C(=O)Nc1ccc(Cl)c(C(=O)N(C)C)c1. The molecule has 154 valence electrons. The zero-order chi connectivity index (χ0) is 22.0. The summed E-state index contributed by atoms with van der Waals surface area (Å²) in [6, 6.07) is 13.8. The smallest absolute Gasteiger partial charge is 0.296 e. The van der Waals surface area contributed by atoms with E-state index in [0.717, 1.165) is 5.69 Å². The summed E-state index contributed by atoms with van der Waals surface area (Å²) in [6.07, 6.45) is 0. The molecule has 0 spiro atoms. The highest BCUT2D eigenvalue weighted by Gasteiger charge is 2.25. The lowest BCUT2D eigenvalue weighted by Crippen LogP contribution is -2.25. The van der Waals surface area contributed by atoms with Crippen LogP contribution in [0.1, 0.15) is 32.1 Å². The van der Waals surface area contributed by atoms with Crippen molar-refractivity contribution in [1.82, 2.24) is 14.7 Å². The Morgan fingerprint density at radius 3 is 2.33 bits per heavy atom. The molecular weight excluding hydrogens is 404 g/mol. The van der Waals surface area contributed by atoms with E-state index in [1.807, 2.05) is 30.3 Å². The van der Waals surface area contributed by atoms with Gasteiger partial charge in [0.2, 0.25) is 0 Å². The lowest BCUT2D eigenvalue weighted by molar-refractivity contribution is -0.112. The number of halogens is 1. The highest BCUT2D eigenvalue weighted by molar-refractivity contribution is 6.47. The molecule has 0 unspecified atom stereocenters. The average molecular weight is 425 g/mol. The topological polar surface area (TPSA) is 84.3 Å². The first-order valence-corrected chi connectivity index (χ1v) is 9.57. The number of amides is 2. The number of hydrogen-bond acceptors (Lipinski definition) is 4. The first-order valence-electron chi connectivity index (χ1n) is 9.19. The van der Waals surface area contributed by atoms with E-state index in [1.165, 1.54) is 23.1 Å². The molecule has 8 heteroatoms. The molecule has 1 aromatic heterocycles. The van der Waals surface area contributed by atoms with Gasteiger partial charge in [-0.3, -0.25) is 14.4 Å². The van der Waals surface area contributed by atoms with Crippen LogP contribution in [0.2, 0.25) is 5.02 Å². The minimum atomic E-state index is -0.820. The summed E-state index contributed by atoms with van der Waals surface area (Å²) in [5.41, 5.74) is 2.59. The Bertz CT molecular complexity index is 1140. The molecule has 0 radical (unpaired) electrons. The van der Waals surface area contributed by atoms with Gasteiger partial charge in [0.1, 0.15) is 0 Å². The molecule has 0 atom stereocenters. The van der Waals surface area contributed by atoms with Gasteiger partial charge in [0.15, 0.2) is 0 Å². The fourth-order valence-corrected chi connectivity index (χ4v) is 3.30. The van der Waals surface area contributed by atoms with Crippen molar-refractivity contribution in [2.75, 3.05) is 19.4 Å². The maximum atomic E-state index is 12.9. The normalized spacial score (nSPS) is 10.6. The standard InChI is InChI=1S/C22H21ClN4O3/c1-13-19(14(2)27(25-13)16-8-6-5-7-9-16)20(28)21(29)24-15-10-11-18(23)17(12-15)22(30)26(3)4/h5-12H,1-4H3,(H,24,29). The summed E-state index contributed by atoms with van der Waals surface area (Å²) in [4.78, 5) is 39.1. The molecule has 30 heavy (non-hydrogen) atoms. The second-order valence-electron chi connectivity index (χ2n) is 6.97. The van der Waals surface area contributed by atoms with E-state index in [1.54, 1.807) is 32.6 Å². The van der Waals surface area contributed by atoms with Gasteiger partial charge < -0.3 is 10.2 Å². The van der Waals surface area contributed by atoms with Crippen LogP contribution in [-0.2, 0) is 4.79 Å². The Labute approximate surface area is 179 Å². The maximum absolute atomic E-state index is 12.9. The molecule has 0 aliphatic carbocycles. The Morgan fingerprint density at radius 1 is 1.03 bits per heavy atom. The molecular formula is C22H21ClN4O3. The van der Waals surface area contributed by atoms with E-state index in [2.05, 4.69) is 10.4 Å². The Kier molecular flexibility index (Phi) is 6.03. The molecule has 2 amide bonds. The predicted octanol–water partition coefficient (Wildman–Crippen LogP) is 3.67. The van der Waals surface area contributed by atoms with Crippen molar-refractivity contribution < 1.29 is 14.4 Å². The van der Waals surface area contributed by atoms with Gasteiger partial charge in [0.05, 0.1) is 33.2 Å². The molecule has 3 aromatic rings. The van der Waals surface area contributed by atoms with Gasteiger partial charge in [-0.15, -0.1) is 0 Å². The van der Waals surface area contributed by atoms with E-state index < -0.39 is 11.7 Å². The highest BCUT2D eigenvalue weighted by Crippen LogP contribution is 2.23. The fourth-order valence-electron chi connectivity index (χ4n) is 3.10. The molecule has 0 saturated heterocycles. The van der Waals surface area contributed by atoms with Crippen LogP contribution in [0, 0.1) is 13.8 Å². The largest absolute Gasteiger partial charge is 0.345 e. The third-order valence-corrected chi connectivity index (χ3v) is 4.92. The predicted molar refractivity (Wildman–Crippen MR) is 115 cm³/mol. The number of rotatable bonds is 5. The Balaban J connectivity index is 1.87. The van der Waals surface area contributed by atoms with Crippen molar-refractivity contribution >= 4 is 34.9 Å². The van der Waals surface area contributed by atoms with Crippen molar-refractivity contribution in [1.29, 1.82) is 0 Å². The Hall–Kier alpha value is -3.45. The summed E-state index contributed by atoms with van der Waals surface area (Å²) >= 11 is 6.09. The number of anilines is 1. The summed E-state index contributed by atoms with van der Waals surface area (Å²) in [5.74, 6) is -1.83. The first kappa shape index (κ1) is 21.3.